The van der Waals surface area contributed by atoms with Crippen LogP contribution in [0.1, 0.15) is 39.5 Å². The van der Waals surface area contributed by atoms with Crippen LogP contribution in [0, 0.1) is 29.6 Å². The van der Waals surface area contributed by atoms with Gasteiger partial charge >= 0.3 is 5.97 Å². The molecule has 15 heavy (non-hydrogen) atoms. The molecule has 0 heterocycles. The van der Waals surface area contributed by atoms with Crippen LogP contribution >= 0.6 is 0 Å². The van der Waals surface area contributed by atoms with E-state index in [1.54, 1.807) is 6.92 Å². The second-order valence-corrected chi connectivity index (χ2v) is 5.95. The second-order valence-electron chi connectivity index (χ2n) is 5.95. The van der Waals surface area contributed by atoms with E-state index in [1.165, 1.54) is 19.3 Å². The standard InChI is InChI=1S/C13H20O2/c1-7-3-10-9-5-12(11(10)4-7)13(6-9)15-8(2)14/h7,9-13H,3-6H2,1-2H3. The fraction of sp³-hybridized carbons (Fsp3) is 0.923. The number of fused-ring (bicyclic) bond motifs is 5. The van der Waals surface area contributed by atoms with E-state index in [0.717, 1.165) is 30.1 Å². The first-order chi connectivity index (χ1) is 7.15. The summed E-state index contributed by atoms with van der Waals surface area (Å²) in [6, 6.07) is 0. The molecule has 84 valence electrons. The van der Waals surface area contributed by atoms with Gasteiger partial charge in [0.2, 0.25) is 0 Å². The van der Waals surface area contributed by atoms with Crippen LogP contribution in [-0.2, 0) is 9.53 Å². The number of hydrogen-bond donors (Lipinski definition) is 0. The van der Waals surface area contributed by atoms with Crippen molar-refractivity contribution in [3.8, 4) is 0 Å². The zero-order valence-electron chi connectivity index (χ0n) is 9.61. The smallest absolute Gasteiger partial charge is 0.302 e. The van der Waals surface area contributed by atoms with Gasteiger partial charge in [-0.1, -0.05) is 6.92 Å². The summed E-state index contributed by atoms with van der Waals surface area (Å²) < 4.78 is 5.45. The lowest BCUT2D eigenvalue weighted by atomic mass is 9.80. The third-order valence-corrected chi connectivity index (χ3v) is 4.96. The maximum atomic E-state index is 11.0. The SMILES string of the molecule is CC(=O)OC1CC2CC1C1CC(C)CC21. The summed E-state index contributed by atoms with van der Waals surface area (Å²) in [7, 11) is 0. The lowest BCUT2D eigenvalue weighted by Gasteiger charge is -2.30. The average Bonchev–Trinajstić information content (AvgIpc) is 2.72. The van der Waals surface area contributed by atoms with Crippen LogP contribution in [0.2, 0.25) is 0 Å². The van der Waals surface area contributed by atoms with Crippen LogP contribution in [0.4, 0.5) is 0 Å². The lowest BCUT2D eigenvalue weighted by molar-refractivity contribution is -0.150. The number of hydrogen-bond acceptors (Lipinski definition) is 2. The minimum absolute atomic E-state index is 0.0878. The Hall–Kier alpha value is -0.530. The molecule has 6 unspecified atom stereocenters. The van der Waals surface area contributed by atoms with Gasteiger partial charge in [0.15, 0.2) is 0 Å². The van der Waals surface area contributed by atoms with Crippen LogP contribution < -0.4 is 0 Å². The van der Waals surface area contributed by atoms with Gasteiger partial charge in [0.1, 0.15) is 6.10 Å². The Bertz CT molecular complexity index is 286. The zero-order chi connectivity index (χ0) is 10.6. The molecule has 0 aromatic heterocycles. The zero-order valence-corrected chi connectivity index (χ0v) is 9.61. The first kappa shape index (κ1) is 9.68. The third kappa shape index (κ3) is 1.41. The Balaban J connectivity index is 1.73. The van der Waals surface area contributed by atoms with Crippen molar-refractivity contribution in [3.05, 3.63) is 0 Å². The lowest BCUT2D eigenvalue weighted by Crippen LogP contribution is -2.31. The van der Waals surface area contributed by atoms with Gasteiger partial charge in [0.05, 0.1) is 0 Å². The normalized spacial score (nSPS) is 51.9. The van der Waals surface area contributed by atoms with Gasteiger partial charge < -0.3 is 4.74 Å². The van der Waals surface area contributed by atoms with Gasteiger partial charge in [-0.2, -0.15) is 0 Å². The van der Waals surface area contributed by atoms with E-state index in [1.807, 2.05) is 0 Å². The quantitative estimate of drug-likeness (QED) is 0.619. The molecule has 6 atom stereocenters. The predicted molar refractivity (Wildman–Crippen MR) is 57.1 cm³/mol. The Kier molecular flexibility index (Phi) is 2.08. The molecule has 3 rings (SSSR count). The highest BCUT2D eigenvalue weighted by atomic mass is 16.5. The molecule has 3 saturated carbocycles. The van der Waals surface area contributed by atoms with E-state index in [9.17, 15) is 4.79 Å². The molecular weight excluding hydrogens is 188 g/mol. The second kappa shape index (κ2) is 3.23. The van der Waals surface area contributed by atoms with E-state index >= 15 is 0 Å². The largest absolute Gasteiger partial charge is 0.462 e. The molecule has 0 aliphatic heterocycles. The summed E-state index contributed by atoms with van der Waals surface area (Å²) >= 11 is 0. The summed E-state index contributed by atoms with van der Waals surface area (Å²) in [6.07, 6.45) is 5.56. The summed E-state index contributed by atoms with van der Waals surface area (Å²) in [4.78, 5) is 11.0. The highest BCUT2D eigenvalue weighted by molar-refractivity contribution is 5.66. The van der Waals surface area contributed by atoms with Gasteiger partial charge in [-0.25, -0.2) is 0 Å². The summed E-state index contributed by atoms with van der Waals surface area (Å²) in [6.45, 7) is 3.92. The minimum atomic E-state index is -0.0878. The van der Waals surface area contributed by atoms with Crippen molar-refractivity contribution >= 4 is 5.97 Å². The number of ether oxygens (including phenoxy) is 1. The fourth-order valence-corrected chi connectivity index (χ4v) is 4.63. The van der Waals surface area contributed by atoms with Crippen LogP contribution in [-0.4, -0.2) is 12.1 Å². The molecule has 2 heteroatoms. The Morgan fingerprint density at radius 1 is 1.07 bits per heavy atom. The average molecular weight is 208 g/mol. The van der Waals surface area contributed by atoms with E-state index < -0.39 is 0 Å². The molecule has 3 aliphatic rings. The first-order valence-corrected chi connectivity index (χ1v) is 6.32. The highest BCUT2D eigenvalue weighted by Gasteiger charge is 2.56. The fourth-order valence-electron chi connectivity index (χ4n) is 4.63. The van der Waals surface area contributed by atoms with E-state index in [-0.39, 0.29) is 12.1 Å². The summed E-state index contributed by atoms with van der Waals surface area (Å²) in [5.41, 5.74) is 0. The van der Waals surface area contributed by atoms with Crippen molar-refractivity contribution < 1.29 is 9.53 Å². The molecule has 0 amide bonds. The monoisotopic (exact) mass is 208 g/mol. The van der Waals surface area contributed by atoms with E-state index in [2.05, 4.69) is 6.92 Å². The molecule has 0 aromatic carbocycles. The third-order valence-electron chi connectivity index (χ3n) is 4.96. The van der Waals surface area contributed by atoms with Crippen molar-refractivity contribution in [2.24, 2.45) is 29.6 Å². The molecule has 3 aliphatic carbocycles. The van der Waals surface area contributed by atoms with Crippen molar-refractivity contribution in [1.82, 2.24) is 0 Å². The van der Waals surface area contributed by atoms with Crippen LogP contribution in [0.25, 0.3) is 0 Å². The molecule has 0 spiro atoms. The Labute approximate surface area is 91.4 Å². The van der Waals surface area contributed by atoms with E-state index in [0.29, 0.717) is 5.92 Å². The Morgan fingerprint density at radius 2 is 1.80 bits per heavy atom. The maximum Gasteiger partial charge on any atom is 0.302 e. The molecule has 0 radical (unpaired) electrons. The molecule has 0 aromatic rings. The Morgan fingerprint density at radius 3 is 2.53 bits per heavy atom. The molecule has 2 bridgehead atoms. The maximum absolute atomic E-state index is 11.0. The first-order valence-electron chi connectivity index (χ1n) is 6.32. The number of carbonyl (C=O) groups excluding carboxylic acids is 1. The summed E-state index contributed by atoms with van der Waals surface area (Å²) in [5, 5.41) is 0. The number of rotatable bonds is 1. The summed E-state index contributed by atoms with van der Waals surface area (Å²) in [5.74, 6) is 4.24. The van der Waals surface area contributed by atoms with Gasteiger partial charge in [0.25, 0.3) is 0 Å². The van der Waals surface area contributed by atoms with Crippen LogP contribution in [0.15, 0.2) is 0 Å². The van der Waals surface area contributed by atoms with Gasteiger partial charge in [-0.3, -0.25) is 4.79 Å². The van der Waals surface area contributed by atoms with Crippen molar-refractivity contribution in [2.45, 2.75) is 45.6 Å². The highest BCUT2D eigenvalue weighted by Crippen LogP contribution is 2.60. The van der Waals surface area contributed by atoms with Gasteiger partial charge in [-0.15, -0.1) is 0 Å². The van der Waals surface area contributed by atoms with Crippen LogP contribution in [0.5, 0.6) is 0 Å². The molecule has 0 N–H and O–H groups in total. The minimum Gasteiger partial charge on any atom is -0.462 e. The molecule has 2 nitrogen and oxygen atoms in total. The van der Waals surface area contributed by atoms with Crippen molar-refractivity contribution in [1.29, 1.82) is 0 Å². The van der Waals surface area contributed by atoms with Gasteiger partial charge in [-0.05, 0) is 55.3 Å². The van der Waals surface area contributed by atoms with Crippen LogP contribution in [0.3, 0.4) is 0 Å². The number of carbonyl (C=O) groups is 1. The molecule has 0 saturated heterocycles. The number of esters is 1. The van der Waals surface area contributed by atoms with Crippen molar-refractivity contribution in [2.75, 3.05) is 0 Å². The predicted octanol–water partition coefficient (Wildman–Crippen LogP) is 2.62. The topological polar surface area (TPSA) is 26.3 Å². The van der Waals surface area contributed by atoms with Gasteiger partial charge in [0, 0.05) is 6.92 Å². The molecular formula is C13H20O2. The van der Waals surface area contributed by atoms with Crippen molar-refractivity contribution in [3.63, 3.8) is 0 Å². The van der Waals surface area contributed by atoms with E-state index in [4.69, 9.17) is 4.74 Å². The molecule has 3 fully saturated rings.